The third-order valence-electron chi connectivity index (χ3n) is 3.85. The molecule has 0 bridgehead atoms. The van der Waals surface area contributed by atoms with Crippen molar-refractivity contribution in [1.29, 1.82) is 0 Å². The molecule has 6 heteroatoms. The monoisotopic (exact) mass is 280 g/mol. The highest BCUT2D eigenvalue weighted by atomic mass is 16.4. The first-order valence-corrected chi connectivity index (χ1v) is 6.64. The lowest BCUT2D eigenvalue weighted by molar-refractivity contribution is 0.0695. The minimum absolute atomic E-state index is 0.127. The number of carbonyl (C=O) groups excluding carboxylic acids is 1. The molecule has 2 amide bonds. The molecule has 6 nitrogen and oxygen atoms in total. The van der Waals surface area contributed by atoms with Crippen LogP contribution in [0.25, 0.3) is 0 Å². The van der Waals surface area contributed by atoms with Crippen molar-refractivity contribution in [3.8, 4) is 0 Å². The molecule has 20 heavy (non-hydrogen) atoms. The molecule has 2 rings (SSSR count). The van der Waals surface area contributed by atoms with Gasteiger partial charge in [-0.15, -0.1) is 0 Å². The predicted molar refractivity (Wildman–Crippen MR) is 72.5 cm³/mol. The fourth-order valence-electron chi connectivity index (χ4n) is 2.21. The second-order valence-electron chi connectivity index (χ2n) is 5.94. The quantitative estimate of drug-likeness (QED) is 0.770. The lowest BCUT2D eigenvalue weighted by Gasteiger charge is -2.07. The smallest absolute Gasteiger partial charge is 0.339 e. The molecule has 1 aliphatic carbocycles. The van der Waals surface area contributed by atoms with Gasteiger partial charge in [0.1, 0.15) is 17.1 Å². The molecule has 1 atom stereocenters. The second kappa shape index (κ2) is 5.19. The maximum Gasteiger partial charge on any atom is 0.339 e. The maximum atomic E-state index is 11.6. The third kappa shape index (κ3) is 3.31. The molecule has 0 saturated heterocycles. The van der Waals surface area contributed by atoms with E-state index in [1.165, 1.54) is 6.07 Å². The summed E-state index contributed by atoms with van der Waals surface area (Å²) in [6, 6.07) is 1.17. The first kappa shape index (κ1) is 14.4. The van der Waals surface area contributed by atoms with E-state index in [1.807, 2.05) is 0 Å². The van der Waals surface area contributed by atoms with Gasteiger partial charge in [0.05, 0.1) is 6.54 Å². The minimum Gasteiger partial charge on any atom is -0.478 e. The normalized spacial score (nSPS) is 19.4. The molecule has 1 fully saturated rings. The van der Waals surface area contributed by atoms with Crippen LogP contribution in [0.15, 0.2) is 10.5 Å². The van der Waals surface area contributed by atoms with Crippen molar-refractivity contribution < 1.29 is 19.1 Å². The first-order chi connectivity index (χ1) is 9.29. The molecule has 1 heterocycles. The van der Waals surface area contributed by atoms with E-state index in [0.717, 1.165) is 6.42 Å². The first-order valence-electron chi connectivity index (χ1n) is 6.64. The van der Waals surface area contributed by atoms with E-state index in [-0.39, 0.29) is 18.1 Å². The van der Waals surface area contributed by atoms with Gasteiger partial charge in [-0.05, 0) is 30.7 Å². The summed E-state index contributed by atoms with van der Waals surface area (Å²) in [6.07, 6.45) is 1.13. The zero-order chi connectivity index (χ0) is 14.9. The van der Waals surface area contributed by atoms with E-state index in [1.54, 1.807) is 6.92 Å². The molecular formula is C14H20N2O4. The Morgan fingerprint density at radius 2 is 2.10 bits per heavy atom. The summed E-state index contributed by atoms with van der Waals surface area (Å²) < 4.78 is 5.27. The molecule has 3 N–H and O–H groups in total. The molecule has 1 aromatic rings. The number of hydrogen-bond acceptors (Lipinski definition) is 3. The van der Waals surface area contributed by atoms with Crippen LogP contribution in [0.4, 0.5) is 4.79 Å². The number of carboxylic acid groups (broad SMARTS) is 1. The Labute approximate surface area is 117 Å². The number of amides is 2. The van der Waals surface area contributed by atoms with Gasteiger partial charge in [0.15, 0.2) is 0 Å². The molecule has 0 radical (unpaired) electrons. The van der Waals surface area contributed by atoms with Crippen LogP contribution in [0.1, 0.15) is 42.1 Å². The summed E-state index contributed by atoms with van der Waals surface area (Å²) in [4.78, 5) is 22.5. The number of aromatic carboxylic acids is 1. The van der Waals surface area contributed by atoms with Crippen LogP contribution in [0, 0.1) is 18.3 Å². The Morgan fingerprint density at radius 1 is 1.45 bits per heavy atom. The van der Waals surface area contributed by atoms with Gasteiger partial charge in [-0.2, -0.15) is 0 Å². The van der Waals surface area contributed by atoms with Gasteiger partial charge in [0, 0.05) is 6.54 Å². The summed E-state index contributed by atoms with van der Waals surface area (Å²) >= 11 is 0. The van der Waals surface area contributed by atoms with Crippen molar-refractivity contribution in [2.75, 3.05) is 6.54 Å². The topological polar surface area (TPSA) is 91.6 Å². The van der Waals surface area contributed by atoms with Crippen LogP contribution in [0.3, 0.4) is 0 Å². The predicted octanol–water partition coefficient (Wildman–Crippen LogP) is 2.13. The zero-order valence-corrected chi connectivity index (χ0v) is 11.9. The van der Waals surface area contributed by atoms with E-state index in [2.05, 4.69) is 24.5 Å². The Balaban J connectivity index is 1.76. The van der Waals surface area contributed by atoms with E-state index in [4.69, 9.17) is 9.52 Å². The molecule has 0 aromatic carbocycles. The zero-order valence-electron chi connectivity index (χ0n) is 11.9. The lowest BCUT2D eigenvalue weighted by Crippen LogP contribution is -2.36. The van der Waals surface area contributed by atoms with Gasteiger partial charge in [-0.3, -0.25) is 0 Å². The van der Waals surface area contributed by atoms with Crippen molar-refractivity contribution >= 4 is 12.0 Å². The highest BCUT2D eigenvalue weighted by Gasteiger charge is 2.45. The molecule has 1 aromatic heterocycles. The summed E-state index contributed by atoms with van der Waals surface area (Å²) in [6.45, 7) is 6.78. The highest BCUT2D eigenvalue weighted by Crippen LogP contribution is 2.50. The fraction of sp³-hybridized carbons (Fsp3) is 0.571. The number of rotatable bonds is 5. The SMILES string of the molecule is Cc1oc(CNC(=O)NCC2CC2(C)C)cc1C(=O)O. The summed E-state index contributed by atoms with van der Waals surface area (Å²) in [7, 11) is 0. The standard InChI is InChI=1S/C14H20N2O4/c1-8-11(12(17)18)4-10(20-8)7-16-13(19)15-6-9-5-14(9,2)3/h4,9H,5-7H2,1-3H3,(H,17,18)(H2,15,16,19). The number of hydrogen-bond donors (Lipinski definition) is 3. The summed E-state index contributed by atoms with van der Waals surface area (Å²) in [5.41, 5.74) is 0.462. The molecule has 1 unspecified atom stereocenters. The number of nitrogens with one attached hydrogen (secondary N) is 2. The van der Waals surface area contributed by atoms with E-state index in [9.17, 15) is 9.59 Å². The highest BCUT2D eigenvalue weighted by molar-refractivity contribution is 5.88. The van der Waals surface area contributed by atoms with Crippen molar-refractivity contribution in [2.45, 2.75) is 33.7 Å². The Morgan fingerprint density at radius 3 is 2.60 bits per heavy atom. The van der Waals surface area contributed by atoms with E-state index in [0.29, 0.717) is 29.4 Å². The van der Waals surface area contributed by atoms with Gasteiger partial charge in [-0.25, -0.2) is 9.59 Å². The van der Waals surface area contributed by atoms with E-state index >= 15 is 0 Å². The number of aryl methyl sites for hydroxylation is 1. The Kier molecular flexibility index (Phi) is 3.74. The average molecular weight is 280 g/mol. The average Bonchev–Trinajstić information content (AvgIpc) is 2.79. The number of carboxylic acids is 1. The summed E-state index contributed by atoms with van der Waals surface area (Å²) in [5, 5.41) is 14.4. The van der Waals surface area contributed by atoms with Crippen LogP contribution in [-0.4, -0.2) is 23.7 Å². The van der Waals surface area contributed by atoms with Crippen LogP contribution in [0.2, 0.25) is 0 Å². The minimum atomic E-state index is -1.03. The number of furan rings is 1. The third-order valence-corrected chi connectivity index (χ3v) is 3.85. The Bertz CT molecular complexity index is 533. The molecule has 1 saturated carbocycles. The van der Waals surface area contributed by atoms with Crippen LogP contribution < -0.4 is 10.6 Å². The molecule has 1 aliphatic rings. The fourth-order valence-corrected chi connectivity index (χ4v) is 2.21. The summed E-state index contributed by atoms with van der Waals surface area (Å²) in [5.74, 6) is 0.284. The molecule has 0 aliphatic heterocycles. The van der Waals surface area contributed by atoms with Crippen LogP contribution in [-0.2, 0) is 6.54 Å². The van der Waals surface area contributed by atoms with Crippen molar-refractivity contribution in [2.24, 2.45) is 11.3 Å². The lowest BCUT2D eigenvalue weighted by atomic mass is 10.1. The largest absolute Gasteiger partial charge is 0.478 e. The van der Waals surface area contributed by atoms with Crippen LogP contribution in [0.5, 0.6) is 0 Å². The molecule has 110 valence electrons. The molecular weight excluding hydrogens is 260 g/mol. The number of carbonyl (C=O) groups is 2. The van der Waals surface area contributed by atoms with Crippen molar-refractivity contribution in [1.82, 2.24) is 10.6 Å². The Hall–Kier alpha value is -1.98. The van der Waals surface area contributed by atoms with Gasteiger partial charge in [-0.1, -0.05) is 13.8 Å². The van der Waals surface area contributed by atoms with Crippen molar-refractivity contribution in [3.63, 3.8) is 0 Å². The van der Waals surface area contributed by atoms with Crippen LogP contribution >= 0.6 is 0 Å². The van der Waals surface area contributed by atoms with E-state index < -0.39 is 5.97 Å². The second-order valence-corrected chi connectivity index (χ2v) is 5.94. The van der Waals surface area contributed by atoms with Gasteiger partial charge in [0.25, 0.3) is 0 Å². The van der Waals surface area contributed by atoms with Gasteiger partial charge >= 0.3 is 12.0 Å². The van der Waals surface area contributed by atoms with Gasteiger partial charge < -0.3 is 20.2 Å². The van der Waals surface area contributed by atoms with Gasteiger partial charge in [0.2, 0.25) is 0 Å². The molecule has 0 spiro atoms. The number of urea groups is 1. The maximum absolute atomic E-state index is 11.6. The van der Waals surface area contributed by atoms with Crippen molar-refractivity contribution in [3.05, 3.63) is 23.2 Å².